The van der Waals surface area contributed by atoms with E-state index in [0.717, 1.165) is 35.9 Å². The third-order valence-electron chi connectivity index (χ3n) is 7.19. The zero-order valence-corrected chi connectivity index (χ0v) is 16.3. The van der Waals surface area contributed by atoms with E-state index in [1.807, 2.05) is 0 Å². The smallest absolute Gasteiger partial charge is 0.159 e. The number of halogens is 4. The van der Waals surface area contributed by atoms with Crippen LogP contribution in [0.1, 0.15) is 49.1 Å². The summed E-state index contributed by atoms with van der Waals surface area (Å²) in [4.78, 5) is 0. The topological polar surface area (TPSA) is 0 Å². The summed E-state index contributed by atoms with van der Waals surface area (Å²) in [5, 5.41) is 0. The Labute approximate surface area is 163 Å². The van der Waals surface area contributed by atoms with Crippen LogP contribution >= 0.6 is 0 Å². The molecular weight excluding hydrogens is 366 g/mol. The van der Waals surface area contributed by atoms with Crippen molar-refractivity contribution in [3.05, 3.63) is 70.8 Å². The average molecular weight is 392 g/mol. The zero-order chi connectivity index (χ0) is 20.1. The van der Waals surface area contributed by atoms with Gasteiger partial charge in [-0.3, -0.25) is 0 Å². The Morgan fingerprint density at radius 1 is 0.786 bits per heavy atom. The van der Waals surface area contributed by atoms with Gasteiger partial charge in [-0.05, 0) is 47.7 Å². The molecule has 28 heavy (non-hydrogen) atoms. The highest BCUT2D eigenvalue weighted by atomic mass is 19.2. The van der Waals surface area contributed by atoms with Gasteiger partial charge in [0.05, 0.1) is 26.2 Å². The maximum Gasteiger partial charge on any atom is 0.159 e. The van der Waals surface area contributed by atoms with Crippen molar-refractivity contribution in [2.24, 2.45) is 5.92 Å². The molecular formula is C23H26F4N+. The van der Waals surface area contributed by atoms with Gasteiger partial charge in [-0.1, -0.05) is 12.1 Å². The number of rotatable bonds is 4. The van der Waals surface area contributed by atoms with Gasteiger partial charge in [-0.25, -0.2) is 17.6 Å². The van der Waals surface area contributed by atoms with Crippen molar-refractivity contribution in [1.29, 1.82) is 0 Å². The van der Waals surface area contributed by atoms with Crippen LogP contribution in [0.4, 0.5) is 17.6 Å². The summed E-state index contributed by atoms with van der Waals surface area (Å²) in [7, 11) is 4.58. The molecule has 0 aliphatic carbocycles. The largest absolute Gasteiger partial charge is 0.324 e. The summed E-state index contributed by atoms with van der Waals surface area (Å²) in [5.41, 5.74) is 1.22. The van der Waals surface area contributed by atoms with Crippen molar-refractivity contribution < 1.29 is 22.0 Å². The average Bonchev–Trinajstić information content (AvgIpc) is 2.82. The van der Waals surface area contributed by atoms with Crippen molar-refractivity contribution in [2.45, 2.75) is 50.1 Å². The molecule has 2 aliphatic heterocycles. The summed E-state index contributed by atoms with van der Waals surface area (Å²) in [6.07, 6.45) is 5.31. The first-order valence-corrected chi connectivity index (χ1v) is 9.99. The molecule has 150 valence electrons. The molecule has 2 fully saturated rings. The third kappa shape index (κ3) is 3.45. The fourth-order valence-corrected chi connectivity index (χ4v) is 5.44. The molecule has 4 rings (SSSR count). The van der Waals surface area contributed by atoms with Crippen LogP contribution in [0, 0.1) is 29.2 Å². The lowest BCUT2D eigenvalue weighted by molar-refractivity contribution is -0.931. The number of hydrogen-bond acceptors (Lipinski definition) is 0. The molecule has 2 heterocycles. The molecule has 2 bridgehead atoms. The molecule has 0 aromatic heterocycles. The van der Waals surface area contributed by atoms with Crippen LogP contribution in [-0.4, -0.2) is 30.7 Å². The summed E-state index contributed by atoms with van der Waals surface area (Å²) < 4.78 is 55.8. The Hall–Kier alpha value is -1.88. The van der Waals surface area contributed by atoms with Crippen molar-refractivity contribution >= 4 is 0 Å². The Balaban J connectivity index is 1.65. The van der Waals surface area contributed by atoms with Gasteiger partial charge in [0.15, 0.2) is 23.3 Å². The molecule has 2 atom stereocenters. The molecule has 1 nitrogen and oxygen atoms in total. The van der Waals surface area contributed by atoms with E-state index in [1.54, 1.807) is 12.1 Å². The van der Waals surface area contributed by atoms with E-state index >= 15 is 0 Å². The first-order valence-electron chi connectivity index (χ1n) is 9.99. The predicted octanol–water partition coefficient (Wildman–Crippen LogP) is 5.78. The standard InChI is InChI=1S/C23H26F4N/c1-28(2)17-5-6-18(28)10-14(9-17)11-19(15-3-7-20(24)22(26)12-15)16-4-8-21(25)23(27)13-16/h3-4,7-8,12-14,17-19H,5-6,9-11H2,1-2H3/q+1. The number of quaternary nitrogens is 1. The van der Waals surface area contributed by atoms with Crippen LogP contribution in [0.2, 0.25) is 0 Å². The lowest BCUT2D eigenvalue weighted by atomic mass is 9.78. The highest BCUT2D eigenvalue weighted by molar-refractivity contribution is 5.34. The molecule has 0 saturated carbocycles. The maximum absolute atomic E-state index is 13.9. The van der Waals surface area contributed by atoms with E-state index in [4.69, 9.17) is 0 Å². The fourth-order valence-electron chi connectivity index (χ4n) is 5.44. The third-order valence-corrected chi connectivity index (χ3v) is 7.19. The highest BCUT2D eigenvalue weighted by Gasteiger charge is 2.49. The van der Waals surface area contributed by atoms with Crippen LogP contribution in [0.15, 0.2) is 36.4 Å². The van der Waals surface area contributed by atoms with Crippen molar-refractivity contribution in [3.8, 4) is 0 Å². The molecule has 2 aliphatic rings. The Bertz CT molecular complexity index is 811. The van der Waals surface area contributed by atoms with Crippen molar-refractivity contribution in [2.75, 3.05) is 14.1 Å². The van der Waals surface area contributed by atoms with Gasteiger partial charge >= 0.3 is 0 Å². The Morgan fingerprint density at radius 2 is 1.25 bits per heavy atom. The second-order valence-corrected chi connectivity index (χ2v) is 8.99. The van der Waals surface area contributed by atoms with E-state index in [0.29, 0.717) is 29.1 Å². The lowest BCUT2D eigenvalue weighted by Gasteiger charge is -2.45. The SMILES string of the molecule is C[N+]1(C)C2CCC1CC(CC(c1ccc(F)c(F)c1)c1ccc(F)c(F)c1)C2. The maximum atomic E-state index is 13.9. The quantitative estimate of drug-likeness (QED) is 0.457. The van der Waals surface area contributed by atoms with E-state index in [2.05, 4.69) is 14.1 Å². The summed E-state index contributed by atoms with van der Waals surface area (Å²) in [6, 6.07) is 8.95. The number of hydrogen-bond donors (Lipinski definition) is 0. The summed E-state index contributed by atoms with van der Waals surface area (Å²) in [6.45, 7) is 0. The normalized spacial score (nSPS) is 26.0. The molecule has 0 spiro atoms. The second-order valence-electron chi connectivity index (χ2n) is 8.99. The second kappa shape index (κ2) is 7.18. The minimum atomic E-state index is -0.911. The fraction of sp³-hybridized carbons (Fsp3) is 0.478. The molecule has 5 heteroatoms. The van der Waals surface area contributed by atoms with Gasteiger partial charge in [-0.15, -0.1) is 0 Å². The molecule has 2 saturated heterocycles. The molecule has 2 aromatic rings. The molecule has 0 radical (unpaired) electrons. The van der Waals surface area contributed by atoms with Gasteiger partial charge in [0.1, 0.15) is 0 Å². The van der Waals surface area contributed by atoms with Gasteiger partial charge in [0, 0.05) is 31.6 Å². The Kier molecular flexibility index (Phi) is 4.98. The van der Waals surface area contributed by atoms with E-state index < -0.39 is 23.3 Å². The first kappa shape index (κ1) is 19.4. The van der Waals surface area contributed by atoms with Crippen LogP contribution < -0.4 is 0 Å². The van der Waals surface area contributed by atoms with Crippen molar-refractivity contribution in [3.63, 3.8) is 0 Å². The minimum absolute atomic E-state index is 0.289. The van der Waals surface area contributed by atoms with E-state index in [1.165, 1.54) is 25.0 Å². The summed E-state index contributed by atoms with van der Waals surface area (Å²) >= 11 is 0. The van der Waals surface area contributed by atoms with Gasteiger partial charge in [0.25, 0.3) is 0 Å². The molecule has 0 amide bonds. The Morgan fingerprint density at radius 3 is 1.68 bits per heavy atom. The number of piperidine rings is 1. The first-order chi connectivity index (χ1) is 13.3. The van der Waals surface area contributed by atoms with Crippen LogP contribution in [0.5, 0.6) is 0 Å². The summed E-state index contributed by atoms with van der Waals surface area (Å²) in [5.74, 6) is -3.48. The predicted molar refractivity (Wildman–Crippen MR) is 101 cm³/mol. The van der Waals surface area contributed by atoms with Crippen molar-refractivity contribution in [1.82, 2.24) is 0 Å². The molecule has 2 aromatic carbocycles. The van der Waals surface area contributed by atoms with E-state index in [-0.39, 0.29) is 5.92 Å². The van der Waals surface area contributed by atoms with Gasteiger partial charge < -0.3 is 4.48 Å². The highest BCUT2D eigenvalue weighted by Crippen LogP contribution is 2.46. The van der Waals surface area contributed by atoms with E-state index in [9.17, 15) is 17.6 Å². The van der Waals surface area contributed by atoms with Crippen LogP contribution in [0.3, 0.4) is 0 Å². The monoisotopic (exact) mass is 392 g/mol. The molecule has 2 unspecified atom stereocenters. The zero-order valence-electron chi connectivity index (χ0n) is 16.3. The number of fused-ring (bicyclic) bond motifs is 2. The number of nitrogens with zero attached hydrogens (tertiary/aromatic N) is 1. The van der Waals surface area contributed by atoms with Gasteiger partial charge in [0.2, 0.25) is 0 Å². The lowest BCUT2D eigenvalue weighted by Crippen LogP contribution is -2.54. The van der Waals surface area contributed by atoms with Crippen LogP contribution in [0.25, 0.3) is 0 Å². The number of benzene rings is 2. The van der Waals surface area contributed by atoms with Crippen LogP contribution in [-0.2, 0) is 0 Å². The molecule has 0 N–H and O–H groups in total. The minimum Gasteiger partial charge on any atom is -0.324 e. The van der Waals surface area contributed by atoms with Gasteiger partial charge in [-0.2, -0.15) is 0 Å².